The highest BCUT2D eigenvalue weighted by atomic mass is 35.5. The van der Waals surface area contributed by atoms with E-state index in [1.165, 1.54) is 0 Å². The summed E-state index contributed by atoms with van der Waals surface area (Å²) >= 11 is 6.11. The molecular formula is C28H21ClN4O. The number of halogens is 1. The molecule has 5 aromatic rings. The lowest BCUT2D eigenvalue weighted by molar-refractivity contribution is -0.116. The fourth-order valence-electron chi connectivity index (χ4n) is 5.61. The fourth-order valence-corrected chi connectivity index (χ4v) is 5.74. The van der Waals surface area contributed by atoms with Gasteiger partial charge in [0.2, 0.25) is 5.95 Å². The van der Waals surface area contributed by atoms with Crippen LogP contribution in [0.3, 0.4) is 0 Å². The average molecular weight is 465 g/mol. The van der Waals surface area contributed by atoms with Crippen LogP contribution in [0, 0.1) is 0 Å². The number of aromatic amines is 1. The van der Waals surface area contributed by atoms with Gasteiger partial charge in [-0.3, -0.25) is 9.36 Å². The summed E-state index contributed by atoms with van der Waals surface area (Å²) in [6, 6.07) is 24.0. The molecular weight excluding hydrogens is 444 g/mol. The SMILES string of the molecule is O=C1C[C@@H](c2ccc(Cl)cc2)CC2=C1[C@@H](c1c[nH]c3ccccc13)n1c(nc3ccccc31)N2. The molecule has 0 bridgehead atoms. The lowest BCUT2D eigenvalue weighted by atomic mass is 9.77. The Kier molecular flexibility index (Phi) is 4.23. The molecule has 0 spiro atoms. The number of para-hydroxylation sites is 3. The van der Waals surface area contributed by atoms with Crippen molar-refractivity contribution in [3.63, 3.8) is 0 Å². The Hall–Kier alpha value is -3.83. The van der Waals surface area contributed by atoms with E-state index in [9.17, 15) is 4.79 Å². The Bertz CT molecular complexity index is 1630. The Morgan fingerprint density at radius 2 is 1.74 bits per heavy atom. The molecule has 3 heterocycles. The summed E-state index contributed by atoms with van der Waals surface area (Å²) in [5, 5.41) is 5.37. The fraction of sp³-hybridized carbons (Fsp3) is 0.143. The maximum atomic E-state index is 13.8. The third kappa shape index (κ3) is 2.87. The minimum Gasteiger partial charge on any atom is -0.361 e. The molecule has 7 rings (SSSR count). The van der Waals surface area contributed by atoms with E-state index in [-0.39, 0.29) is 17.7 Å². The van der Waals surface area contributed by atoms with Crippen LogP contribution in [0.15, 0.2) is 90.3 Å². The first-order chi connectivity index (χ1) is 16.7. The van der Waals surface area contributed by atoms with Gasteiger partial charge in [0.1, 0.15) is 0 Å². The van der Waals surface area contributed by atoms with Crippen molar-refractivity contribution in [2.75, 3.05) is 5.32 Å². The summed E-state index contributed by atoms with van der Waals surface area (Å²) in [6.07, 6.45) is 3.27. The topological polar surface area (TPSA) is 62.7 Å². The summed E-state index contributed by atoms with van der Waals surface area (Å²) in [4.78, 5) is 22.1. The quantitative estimate of drug-likeness (QED) is 0.310. The van der Waals surface area contributed by atoms with E-state index in [1.807, 2.05) is 60.8 Å². The number of rotatable bonds is 2. The molecule has 0 saturated carbocycles. The highest BCUT2D eigenvalue weighted by Gasteiger charge is 2.40. The Labute approximate surface area is 201 Å². The van der Waals surface area contributed by atoms with Crippen LogP contribution < -0.4 is 5.32 Å². The number of carbonyl (C=O) groups excluding carboxylic acids is 1. The number of hydrogen-bond donors (Lipinski definition) is 2. The van der Waals surface area contributed by atoms with Crippen LogP contribution >= 0.6 is 11.6 Å². The molecule has 3 aromatic carbocycles. The van der Waals surface area contributed by atoms with Crippen molar-refractivity contribution in [3.8, 4) is 0 Å². The zero-order chi connectivity index (χ0) is 22.8. The molecule has 0 saturated heterocycles. The highest BCUT2D eigenvalue weighted by molar-refractivity contribution is 6.30. The highest BCUT2D eigenvalue weighted by Crippen LogP contribution is 2.47. The summed E-state index contributed by atoms with van der Waals surface area (Å²) in [6.45, 7) is 0. The van der Waals surface area contributed by atoms with E-state index in [1.54, 1.807) is 0 Å². The number of nitrogens with one attached hydrogen (secondary N) is 2. The van der Waals surface area contributed by atoms with Crippen molar-refractivity contribution < 1.29 is 4.79 Å². The molecule has 0 fully saturated rings. The van der Waals surface area contributed by atoms with E-state index in [4.69, 9.17) is 16.6 Å². The van der Waals surface area contributed by atoms with Crippen molar-refractivity contribution >= 4 is 45.3 Å². The molecule has 0 unspecified atom stereocenters. The molecule has 0 amide bonds. The summed E-state index contributed by atoms with van der Waals surface area (Å²) in [5.74, 6) is 1.06. The molecule has 6 heteroatoms. The number of allylic oxidation sites excluding steroid dienone is 2. The number of hydrogen-bond acceptors (Lipinski definition) is 3. The normalized spacial score (nSPS) is 19.9. The molecule has 2 aliphatic rings. The van der Waals surface area contributed by atoms with Crippen LogP contribution in [0.25, 0.3) is 21.9 Å². The third-order valence-corrected chi connectivity index (χ3v) is 7.41. The van der Waals surface area contributed by atoms with Gasteiger partial charge in [-0.15, -0.1) is 0 Å². The van der Waals surface area contributed by atoms with Crippen molar-refractivity contribution in [2.24, 2.45) is 0 Å². The Balaban J connectivity index is 1.44. The number of imidazole rings is 1. The Morgan fingerprint density at radius 1 is 0.941 bits per heavy atom. The summed E-state index contributed by atoms with van der Waals surface area (Å²) < 4.78 is 2.18. The monoisotopic (exact) mass is 464 g/mol. The number of carbonyl (C=O) groups is 1. The number of H-pyrrole nitrogens is 1. The van der Waals surface area contributed by atoms with Gasteiger partial charge in [0.05, 0.1) is 17.1 Å². The maximum Gasteiger partial charge on any atom is 0.209 e. The minimum atomic E-state index is -0.242. The van der Waals surface area contributed by atoms with Crippen molar-refractivity contribution in [3.05, 3.63) is 106 Å². The second kappa shape index (κ2) is 7.34. The lowest BCUT2D eigenvalue weighted by Crippen LogP contribution is -2.33. The minimum absolute atomic E-state index is 0.107. The zero-order valence-electron chi connectivity index (χ0n) is 18.3. The van der Waals surface area contributed by atoms with E-state index < -0.39 is 0 Å². The van der Waals surface area contributed by atoms with Crippen molar-refractivity contribution in [2.45, 2.75) is 24.8 Å². The van der Waals surface area contributed by atoms with Crippen LogP contribution in [0.1, 0.15) is 35.9 Å². The second-order valence-corrected chi connectivity index (χ2v) is 9.52. The van der Waals surface area contributed by atoms with Crippen LogP contribution in [0.5, 0.6) is 0 Å². The molecule has 166 valence electrons. The number of fused-ring (bicyclic) bond motifs is 4. The third-order valence-electron chi connectivity index (χ3n) is 7.16. The number of anilines is 1. The summed E-state index contributed by atoms with van der Waals surface area (Å²) in [7, 11) is 0. The molecule has 2 atom stereocenters. The van der Waals surface area contributed by atoms with Gasteiger partial charge in [0.15, 0.2) is 5.78 Å². The first kappa shape index (κ1) is 19.6. The predicted molar refractivity (Wildman–Crippen MR) is 135 cm³/mol. The van der Waals surface area contributed by atoms with E-state index in [0.29, 0.717) is 11.4 Å². The zero-order valence-corrected chi connectivity index (χ0v) is 19.0. The van der Waals surface area contributed by atoms with Gasteiger partial charge in [0.25, 0.3) is 0 Å². The number of ketones is 1. The van der Waals surface area contributed by atoms with Crippen LogP contribution in [-0.2, 0) is 4.79 Å². The Morgan fingerprint density at radius 3 is 2.62 bits per heavy atom. The van der Waals surface area contributed by atoms with Crippen LogP contribution in [-0.4, -0.2) is 20.3 Å². The number of aromatic nitrogens is 3. The van der Waals surface area contributed by atoms with Crippen molar-refractivity contribution in [1.29, 1.82) is 0 Å². The standard InChI is InChI=1S/C28H21ClN4O/c29-18-11-9-16(10-12-18)17-13-23-26(25(34)14-17)27(20-15-30-21-6-2-1-5-19(20)21)33-24-8-4-3-7-22(24)31-28(33)32-23/h1-12,15,17,27,30H,13-14H2,(H,31,32)/t17-,27+/m0/s1. The van der Waals surface area contributed by atoms with E-state index >= 15 is 0 Å². The molecule has 0 radical (unpaired) electrons. The molecule has 1 aliphatic heterocycles. The lowest BCUT2D eigenvalue weighted by Gasteiger charge is -2.36. The van der Waals surface area contributed by atoms with E-state index in [0.717, 1.165) is 56.7 Å². The van der Waals surface area contributed by atoms with Crippen LogP contribution in [0.2, 0.25) is 5.02 Å². The first-order valence-electron chi connectivity index (χ1n) is 11.5. The smallest absolute Gasteiger partial charge is 0.209 e. The predicted octanol–water partition coefficient (Wildman–Crippen LogP) is 6.59. The number of benzene rings is 3. The van der Waals surface area contributed by atoms with Crippen LogP contribution in [0.4, 0.5) is 5.95 Å². The second-order valence-electron chi connectivity index (χ2n) is 9.08. The van der Waals surface area contributed by atoms with E-state index in [2.05, 4.69) is 33.1 Å². The first-order valence-corrected chi connectivity index (χ1v) is 11.9. The summed E-state index contributed by atoms with van der Waals surface area (Å²) in [5.41, 5.74) is 7.02. The van der Waals surface area contributed by atoms with Gasteiger partial charge in [-0.1, -0.05) is 54.1 Å². The molecule has 2 N–H and O–H groups in total. The average Bonchev–Trinajstić information content (AvgIpc) is 3.44. The number of nitrogens with zero attached hydrogens (tertiary/aromatic N) is 2. The largest absolute Gasteiger partial charge is 0.361 e. The van der Waals surface area contributed by atoms with Gasteiger partial charge >= 0.3 is 0 Å². The molecule has 5 nitrogen and oxygen atoms in total. The molecule has 34 heavy (non-hydrogen) atoms. The van der Waals surface area contributed by atoms with Crippen molar-refractivity contribution in [1.82, 2.24) is 14.5 Å². The molecule has 1 aliphatic carbocycles. The maximum absolute atomic E-state index is 13.8. The number of Topliss-reactive ketones (excluding diaryl/α,β-unsaturated/α-hetero) is 1. The van der Waals surface area contributed by atoms with Gasteiger partial charge < -0.3 is 10.3 Å². The van der Waals surface area contributed by atoms with Gasteiger partial charge in [0, 0.05) is 45.4 Å². The van der Waals surface area contributed by atoms with Gasteiger partial charge in [-0.25, -0.2) is 4.98 Å². The van der Waals surface area contributed by atoms with Gasteiger partial charge in [-0.05, 0) is 48.2 Å². The molecule has 2 aromatic heterocycles. The van der Waals surface area contributed by atoms with Gasteiger partial charge in [-0.2, -0.15) is 0 Å².